The molecule has 1 N–H and O–H groups in total. The summed E-state index contributed by atoms with van der Waals surface area (Å²) in [6.45, 7) is 3.51. The molecule has 0 aromatic heterocycles. The van der Waals surface area contributed by atoms with Crippen molar-refractivity contribution >= 4 is 35.8 Å². The van der Waals surface area contributed by atoms with Crippen LogP contribution >= 0.6 is 0 Å². The molecular formula is C63H67N3O14. The van der Waals surface area contributed by atoms with Crippen molar-refractivity contribution in [1.29, 1.82) is 0 Å². The predicted octanol–water partition coefficient (Wildman–Crippen LogP) is 9.13. The number of carbonyl (C=O) groups excluding carboxylic acids is 4. The molecule has 0 saturated carbocycles. The molecule has 80 heavy (non-hydrogen) atoms. The van der Waals surface area contributed by atoms with Gasteiger partial charge in [0, 0.05) is 43.4 Å². The minimum atomic E-state index is -1.35. The van der Waals surface area contributed by atoms with Gasteiger partial charge >= 0.3 is 24.0 Å². The molecule has 0 spiro atoms. The van der Waals surface area contributed by atoms with E-state index in [0.717, 1.165) is 34.2 Å². The number of methoxy groups -OCH3 is 2. The van der Waals surface area contributed by atoms with Gasteiger partial charge in [-0.3, -0.25) is 0 Å². The SMILES string of the molecule is CCc1ccccc1[C@@H]1OC(c2ccc(OCCCOC(=O)NCCOCCOCC(=O)OCCCOc3ccc(C4=N[C@](Cc5ccccc5)(C(=O)OC)[C@H](c5ccccc5)O4)cc3)cc2)=N[C@]1(Cc1ccccc1)C(=O)OC. The Hall–Kier alpha value is -8.54. The molecular weight excluding hydrogens is 1020 g/mol. The maximum Gasteiger partial charge on any atom is 0.407 e. The Morgan fingerprint density at radius 2 is 1.01 bits per heavy atom. The molecule has 418 valence electrons. The third kappa shape index (κ3) is 15.0. The van der Waals surface area contributed by atoms with Crippen LogP contribution in [0.1, 0.15) is 70.9 Å². The highest BCUT2D eigenvalue weighted by molar-refractivity contribution is 6.01. The van der Waals surface area contributed by atoms with Crippen molar-refractivity contribution in [1.82, 2.24) is 5.32 Å². The molecule has 0 radical (unpaired) electrons. The summed E-state index contributed by atoms with van der Waals surface area (Å²) in [5, 5.41) is 2.63. The molecule has 2 heterocycles. The van der Waals surface area contributed by atoms with Gasteiger partial charge in [0.05, 0.1) is 60.5 Å². The molecule has 0 unspecified atom stereocenters. The number of benzene rings is 6. The number of hydrogen-bond donors (Lipinski definition) is 1. The number of amides is 1. The Bertz CT molecular complexity index is 3010. The standard InChI is InChI=1S/C63H67N3O14/c1-4-47-22-14-15-25-53(47)56-63(60(69)72-3,43-46-20-10-6-11-21-46)66-58(80-56)50-28-32-52(33-29-50)76-36-17-38-78-61(70)64-34-39-73-40-41-74-44-54(67)77-37-16-35-75-51-30-26-49(27-31-51)57-65-62(59(68)71-2,42-45-18-8-5-9-19-45)55(79-57)48-23-12-7-13-24-48/h5-15,18-33,55-56H,4,16-17,34-44H2,1-3H3,(H,64,70)/t55-,56-,62-,63-/m0/s1. The van der Waals surface area contributed by atoms with E-state index >= 15 is 0 Å². The fourth-order valence-electron chi connectivity index (χ4n) is 9.43. The number of esters is 3. The molecule has 6 aromatic rings. The Kier molecular flexibility index (Phi) is 20.8. The summed E-state index contributed by atoms with van der Waals surface area (Å²) in [7, 11) is 2.73. The lowest BCUT2D eigenvalue weighted by molar-refractivity contribution is -0.150. The van der Waals surface area contributed by atoms with E-state index in [1.165, 1.54) is 14.2 Å². The van der Waals surface area contributed by atoms with E-state index in [9.17, 15) is 19.2 Å². The van der Waals surface area contributed by atoms with Gasteiger partial charge in [0.15, 0.2) is 12.2 Å². The first kappa shape index (κ1) is 57.6. The van der Waals surface area contributed by atoms with E-state index in [4.69, 9.17) is 57.4 Å². The summed E-state index contributed by atoms with van der Waals surface area (Å²) in [4.78, 5) is 61.6. The van der Waals surface area contributed by atoms with Crippen LogP contribution in [-0.2, 0) is 71.5 Å². The van der Waals surface area contributed by atoms with Crippen molar-refractivity contribution in [2.45, 2.75) is 62.3 Å². The van der Waals surface area contributed by atoms with Crippen molar-refractivity contribution in [3.8, 4) is 11.5 Å². The topological polar surface area (TPSA) is 197 Å². The number of alkyl carbamates (subject to hydrolysis) is 1. The number of carbonyl (C=O) groups is 4. The zero-order valence-corrected chi connectivity index (χ0v) is 45.3. The normalized spacial score (nSPS) is 18.1. The minimum Gasteiger partial charge on any atom is -0.493 e. The van der Waals surface area contributed by atoms with Gasteiger partial charge < -0.3 is 52.7 Å². The summed E-state index contributed by atoms with van der Waals surface area (Å²) in [5.74, 6) is 0.372. The average Bonchev–Trinajstić information content (AvgIpc) is 4.08. The van der Waals surface area contributed by atoms with Crippen LogP contribution < -0.4 is 14.8 Å². The van der Waals surface area contributed by atoms with Gasteiger partial charge in [0.25, 0.3) is 0 Å². The van der Waals surface area contributed by atoms with Gasteiger partial charge in [-0.2, -0.15) is 0 Å². The number of nitrogens with zero attached hydrogens (tertiary/aromatic N) is 2. The lowest BCUT2D eigenvalue weighted by Gasteiger charge is -2.30. The first-order valence-corrected chi connectivity index (χ1v) is 26.7. The highest BCUT2D eigenvalue weighted by Crippen LogP contribution is 2.45. The second-order valence-corrected chi connectivity index (χ2v) is 18.9. The molecule has 6 aromatic carbocycles. The number of aryl methyl sites for hydroxylation is 1. The highest BCUT2D eigenvalue weighted by atomic mass is 16.6. The predicted molar refractivity (Wildman–Crippen MR) is 298 cm³/mol. The Morgan fingerprint density at radius 1 is 0.525 bits per heavy atom. The molecule has 0 aliphatic carbocycles. The fraction of sp³-hybridized carbons (Fsp3) is 0.333. The Balaban J connectivity index is 0.667. The van der Waals surface area contributed by atoms with Gasteiger partial charge in [0.1, 0.15) is 18.1 Å². The maximum absolute atomic E-state index is 13.7. The summed E-state index contributed by atoms with van der Waals surface area (Å²) < 4.78 is 57.0. The molecule has 2 aliphatic rings. The molecule has 0 saturated heterocycles. The first-order valence-electron chi connectivity index (χ1n) is 26.7. The lowest BCUT2D eigenvalue weighted by Crippen LogP contribution is -2.44. The monoisotopic (exact) mass is 1090 g/mol. The molecule has 1 amide bonds. The van der Waals surface area contributed by atoms with Crippen molar-refractivity contribution in [2.75, 3.05) is 73.6 Å². The number of rotatable bonds is 29. The molecule has 0 bridgehead atoms. The van der Waals surface area contributed by atoms with Crippen molar-refractivity contribution in [3.05, 3.63) is 203 Å². The molecule has 17 heteroatoms. The Morgan fingerprint density at radius 3 is 1.56 bits per heavy atom. The van der Waals surface area contributed by atoms with E-state index < -0.39 is 47.3 Å². The van der Waals surface area contributed by atoms with Gasteiger partial charge in [-0.15, -0.1) is 0 Å². The fourth-order valence-corrected chi connectivity index (χ4v) is 9.43. The van der Waals surface area contributed by atoms with Crippen LogP contribution in [-0.4, -0.2) is 120 Å². The van der Waals surface area contributed by atoms with Gasteiger partial charge in [-0.25, -0.2) is 29.2 Å². The van der Waals surface area contributed by atoms with E-state index in [0.29, 0.717) is 60.5 Å². The number of ether oxygens (including phenoxy) is 10. The quantitative estimate of drug-likeness (QED) is 0.0265. The van der Waals surface area contributed by atoms with Crippen LogP contribution in [0.3, 0.4) is 0 Å². The summed E-state index contributed by atoms with van der Waals surface area (Å²) in [6.07, 6.45) is 0.216. The van der Waals surface area contributed by atoms with Crippen molar-refractivity contribution < 1.29 is 66.5 Å². The second kappa shape index (κ2) is 28.9. The van der Waals surface area contributed by atoms with Gasteiger partial charge in [0.2, 0.25) is 22.9 Å². The highest BCUT2D eigenvalue weighted by Gasteiger charge is 2.56. The van der Waals surface area contributed by atoms with Gasteiger partial charge in [-0.05, 0) is 82.8 Å². The molecule has 17 nitrogen and oxygen atoms in total. The van der Waals surface area contributed by atoms with E-state index in [1.807, 2.05) is 140 Å². The molecule has 0 fully saturated rings. The zero-order valence-electron chi connectivity index (χ0n) is 45.3. The van der Waals surface area contributed by atoms with Crippen LogP contribution in [0.25, 0.3) is 0 Å². The maximum atomic E-state index is 13.7. The Labute approximate surface area is 466 Å². The second-order valence-electron chi connectivity index (χ2n) is 18.9. The summed E-state index contributed by atoms with van der Waals surface area (Å²) in [5.41, 5.74) is 3.26. The number of aliphatic imine (C=N–C) groups is 2. The molecule has 2 aliphatic heterocycles. The van der Waals surface area contributed by atoms with Crippen LogP contribution in [0.5, 0.6) is 11.5 Å². The average molecular weight is 1090 g/mol. The summed E-state index contributed by atoms with van der Waals surface area (Å²) in [6, 6.07) is 51.3. The third-order valence-electron chi connectivity index (χ3n) is 13.4. The molecule has 8 rings (SSSR count). The van der Waals surface area contributed by atoms with Gasteiger partial charge in [-0.1, -0.05) is 122 Å². The van der Waals surface area contributed by atoms with Crippen molar-refractivity contribution in [3.63, 3.8) is 0 Å². The van der Waals surface area contributed by atoms with Crippen molar-refractivity contribution in [2.24, 2.45) is 9.98 Å². The molecule has 4 atom stereocenters. The van der Waals surface area contributed by atoms with Crippen LogP contribution in [0.15, 0.2) is 174 Å². The van der Waals surface area contributed by atoms with E-state index in [2.05, 4.69) is 12.2 Å². The summed E-state index contributed by atoms with van der Waals surface area (Å²) >= 11 is 0. The van der Waals surface area contributed by atoms with Crippen LogP contribution in [0.2, 0.25) is 0 Å². The van der Waals surface area contributed by atoms with E-state index in [-0.39, 0.29) is 59.0 Å². The smallest absolute Gasteiger partial charge is 0.407 e. The van der Waals surface area contributed by atoms with E-state index in [1.54, 1.807) is 24.3 Å². The number of nitrogens with one attached hydrogen (secondary N) is 1. The van der Waals surface area contributed by atoms with Crippen LogP contribution in [0, 0.1) is 0 Å². The number of hydrogen-bond acceptors (Lipinski definition) is 16. The largest absolute Gasteiger partial charge is 0.493 e. The lowest BCUT2D eigenvalue weighted by atomic mass is 9.81. The zero-order chi connectivity index (χ0) is 56.0. The first-order chi connectivity index (χ1) is 39.1. The third-order valence-corrected chi connectivity index (χ3v) is 13.4. The minimum absolute atomic E-state index is 0.139. The van der Waals surface area contributed by atoms with Crippen LogP contribution in [0.4, 0.5) is 4.79 Å².